The summed E-state index contributed by atoms with van der Waals surface area (Å²) in [7, 11) is 0. The maximum absolute atomic E-state index is 11.5. The largest absolute Gasteiger partial charge is 0.482 e. The number of nitrogens with one attached hydrogen (secondary N) is 1. The Morgan fingerprint density at radius 2 is 2.05 bits per heavy atom. The number of benzene rings is 1. The summed E-state index contributed by atoms with van der Waals surface area (Å²) in [6.07, 6.45) is 1.51. The van der Waals surface area contributed by atoms with Crippen LogP contribution in [0.4, 0.5) is 0 Å². The number of furan rings is 1. The van der Waals surface area contributed by atoms with Gasteiger partial charge in [-0.05, 0) is 30.3 Å². The fourth-order valence-electron chi connectivity index (χ4n) is 1.54. The summed E-state index contributed by atoms with van der Waals surface area (Å²) in [5.41, 5.74) is 0. The van der Waals surface area contributed by atoms with Crippen molar-refractivity contribution in [3.8, 4) is 5.75 Å². The van der Waals surface area contributed by atoms with Crippen LogP contribution in [0.5, 0.6) is 5.75 Å². The summed E-state index contributed by atoms with van der Waals surface area (Å²) >= 11 is 5.78. The van der Waals surface area contributed by atoms with E-state index < -0.39 is 11.9 Å². The van der Waals surface area contributed by atoms with E-state index in [2.05, 4.69) is 5.32 Å². The Kier molecular flexibility index (Phi) is 5.85. The van der Waals surface area contributed by atoms with Gasteiger partial charge in [0.05, 0.1) is 12.8 Å². The summed E-state index contributed by atoms with van der Waals surface area (Å²) in [4.78, 5) is 22.9. The molecule has 22 heavy (non-hydrogen) atoms. The molecule has 1 amide bonds. The minimum atomic E-state index is -0.645. The van der Waals surface area contributed by atoms with Crippen LogP contribution in [-0.2, 0) is 20.9 Å². The van der Waals surface area contributed by atoms with Gasteiger partial charge in [0.1, 0.15) is 11.5 Å². The molecule has 0 aliphatic heterocycles. The van der Waals surface area contributed by atoms with Crippen LogP contribution in [0.25, 0.3) is 0 Å². The molecule has 0 aliphatic rings. The van der Waals surface area contributed by atoms with Crippen LogP contribution in [0.3, 0.4) is 0 Å². The Labute approximate surface area is 132 Å². The molecule has 1 N–H and O–H groups in total. The molecule has 6 nitrogen and oxygen atoms in total. The number of carbonyl (C=O) groups is 2. The quantitative estimate of drug-likeness (QED) is 0.790. The Hall–Kier alpha value is -2.47. The van der Waals surface area contributed by atoms with Gasteiger partial charge in [-0.2, -0.15) is 0 Å². The number of ether oxygens (including phenoxy) is 2. The van der Waals surface area contributed by atoms with Crippen molar-refractivity contribution in [2.24, 2.45) is 0 Å². The zero-order valence-electron chi connectivity index (χ0n) is 11.6. The fraction of sp³-hybridized carbons (Fsp3) is 0.200. The number of esters is 1. The highest BCUT2D eigenvalue weighted by Crippen LogP contribution is 2.16. The van der Waals surface area contributed by atoms with E-state index in [1.807, 2.05) is 0 Å². The van der Waals surface area contributed by atoms with E-state index in [4.69, 9.17) is 25.5 Å². The minimum absolute atomic E-state index is 0.238. The molecule has 0 spiro atoms. The van der Waals surface area contributed by atoms with Crippen LogP contribution in [0.2, 0.25) is 5.02 Å². The highest BCUT2D eigenvalue weighted by Gasteiger charge is 2.09. The van der Waals surface area contributed by atoms with Gasteiger partial charge in [0.2, 0.25) is 0 Å². The Balaban J connectivity index is 1.63. The van der Waals surface area contributed by atoms with E-state index >= 15 is 0 Å². The third kappa shape index (κ3) is 5.49. The van der Waals surface area contributed by atoms with E-state index in [9.17, 15) is 9.59 Å². The Morgan fingerprint density at radius 3 is 2.77 bits per heavy atom. The standard InChI is InChI=1S/C15H14ClNO5/c16-11-3-1-4-12(7-11)21-10-15(19)22-9-14(18)17-8-13-5-2-6-20-13/h1-7H,8-10H2,(H,17,18). The van der Waals surface area contributed by atoms with Crippen molar-refractivity contribution in [2.45, 2.75) is 6.54 Å². The molecule has 1 aromatic heterocycles. The Morgan fingerprint density at radius 1 is 1.18 bits per heavy atom. The summed E-state index contributed by atoms with van der Waals surface area (Å²) in [6.45, 7) is -0.438. The van der Waals surface area contributed by atoms with Crippen LogP contribution < -0.4 is 10.1 Å². The summed E-state index contributed by atoms with van der Waals surface area (Å²) < 4.78 is 15.0. The van der Waals surface area contributed by atoms with Crippen LogP contribution in [0, 0.1) is 0 Å². The van der Waals surface area contributed by atoms with E-state index in [1.165, 1.54) is 6.26 Å². The average molecular weight is 324 g/mol. The molecule has 0 aliphatic carbocycles. The predicted molar refractivity (Wildman–Crippen MR) is 78.5 cm³/mol. The minimum Gasteiger partial charge on any atom is -0.482 e. The third-order valence-electron chi connectivity index (χ3n) is 2.56. The van der Waals surface area contributed by atoms with Gasteiger partial charge < -0.3 is 19.2 Å². The first-order valence-electron chi connectivity index (χ1n) is 6.46. The maximum atomic E-state index is 11.5. The summed E-state index contributed by atoms with van der Waals surface area (Å²) in [5.74, 6) is -0.00341. The molecule has 116 valence electrons. The lowest BCUT2D eigenvalue weighted by Gasteiger charge is -2.07. The molecule has 2 aromatic rings. The normalized spacial score (nSPS) is 10.0. The molecule has 0 fully saturated rings. The number of hydrogen-bond donors (Lipinski definition) is 1. The van der Waals surface area contributed by atoms with Crippen molar-refractivity contribution in [1.29, 1.82) is 0 Å². The van der Waals surface area contributed by atoms with Crippen molar-refractivity contribution in [3.05, 3.63) is 53.4 Å². The van der Waals surface area contributed by atoms with Gasteiger partial charge in [0.15, 0.2) is 13.2 Å². The first-order valence-corrected chi connectivity index (χ1v) is 6.84. The number of halogens is 1. The van der Waals surface area contributed by atoms with Gasteiger partial charge in [-0.3, -0.25) is 4.79 Å². The zero-order chi connectivity index (χ0) is 15.8. The number of amides is 1. The molecule has 0 bridgehead atoms. The smallest absolute Gasteiger partial charge is 0.344 e. The Bertz CT molecular complexity index is 627. The SMILES string of the molecule is O=C(COC(=O)COc1cccc(Cl)c1)NCc1ccco1. The van der Waals surface area contributed by atoms with Crippen LogP contribution in [-0.4, -0.2) is 25.1 Å². The number of hydrogen-bond acceptors (Lipinski definition) is 5. The van der Waals surface area contributed by atoms with Gasteiger partial charge in [-0.15, -0.1) is 0 Å². The van der Waals surface area contributed by atoms with Gasteiger partial charge in [-0.25, -0.2) is 4.79 Å². The molecular weight excluding hydrogens is 310 g/mol. The highest BCUT2D eigenvalue weighted by atomic mass is 35.5. The lowest BCUT2D eigenvalue weighted by Crippen LogP contribution is -2.29. The highest BCUT2D eigenvalue weighted by molar-refractivity contribution is 6.30. The van der Waals surface area contributed by atoms with Crippen LogP contribution in [0.1, 0.15) is 5.76 Å². The monoisotopic (exact) mass is 323 g/mol. The second-order valence-corrected chi connectivity index (χ2v) is 4.70. The summed E-state index contributed by atoms with van der Waals surface area (Å²) in [5, 5.41) is 3.06. The molecule has 0 saturated heterocycles. The van der Waals surface area contributed by atoms with Gasteiger partial charge in [0, 0.05) is 5.02 Å². The average Bonchev–Trinajstić information content (AvgIpc) is 3.02. The molecule has 0 saturated carbocycles. The lowest BCUT2D eigenvalue weighted by atomic mass is 10.3. The molecule has 0 unspecified atom stereocenters. The number of rotatable bonds is 7. The molecule has 7 heteroatoms. The van der Waals surface area contributed by atoms with Crippen LogP contribution >= 0.6 is 11.6 Å². The van der Waals surface area contributed by atoms with Crippen molar-refractivity contribution >= 4 is 23.5 Å². The molecular formula is C15H14ClNO5. The predicted octanol–water partition coefficient (Wildman–Crippen LogP) is 2.17. The molecule has 2 rings (SSSR count). The fourth-order valence-corrected chi connectivity index (χ4v) is 1.72. The first kappa shape index (κ1) is 15.9. The van der Waals surface area contributed by atoms with Gasteiger partial charge in [-0.1, -0.05) is 17.7 Å². The zero-order valence-corrected chi connectivity index (χ0v) is 12.3. The molecule has 0 atom stereocenters. The molecule has 0 radical (unpaired) electrons. The lowest BCUT2D eigenvalue weighted by molar-refractivity contribution is -0.150. The summed E-state index contributed by atoms with van der Waals surface area (Å²) in [6, 6.07) is 10.1. The van der Waals surface area contributed by atoms with E-state index in [0.717, 1.165) is 0 Å². The topological polar surface area (TPSA) is 77.8 Å². The van der Waals surface area contributed by atoms with Crippen molar-refractivity contribution < 1.29 is 23.5 Å². The second kappa shape index (κ2) is 8.09. The van der Waals surface area contributed by atoms with Gasteiger partial charge in [0.25, 0.3) is 5.91 Å². The second-order valence-electron chi connectivity index (χ2n) is 4.26. The van der Waals surface area contributed by atoms with E-state index in [0.29, 0.717) is 16.5 Å². The van der Waals surface area contributed by atoms with Crippen LogP contribution in [0.15, 0.2) is 47.1 Å². The van der Waals surface area contributed by atoms with Crippen molar-refractivity contribution in [3.63, 3.8) is 0 Å². The third-order valence-corrected chi connectivity index (χ3v) is 2.79. The first-order chi connectivity index (χ1) is 10.6. The van der Waals surface area contributed by atoms with Gasteiger partial charge >= 0.3 is 5.97 Å². The van der Waals surface area contributed by atoms with Crippen molar-refractivity contribution in [1.82, 2.24) is 5.32 Å². The number of carbonyl (C=O) groups excluding carboxylic acids is 2. The van der Waals surface area contributed by atoms with E-state index in [-0.39, 0.29) is 19.8 Å². The van der Waals surface area contributed by atoms with E-state index in [1.54, 1.807) is 36.4 Å². The maximum Gasteiger partial charge on any atom is 0.344 e. The van der Waals surface area contributed by atoms with Crippen molar-refractivity contribution in [2.75, 3.05) is 13.2 Å². The molecule has 1 heterocycles. The molecule has 1 aromatic carbocycles.